The summed E-state index contributed by atoms with van der Waals surface area (Å²) in [5, 5.41) is 3.47. The summed E-state index contributed by atoms with van der Waals surface area (Å²) in [6.45, 7) is 8.78. The minimum Gasteiger partial charge on any atom is -0.413 e. The molecule has 90 valence electrons. The van der Waals surface area contributed by atoms with Crippen molar-refractivity contribution in [3.8, 4) is 0 Å². The van der Waals surface area contributed by atoms with Gasteiger partial charge in [-0.05, 0) is 39.3 Å². The fourth-order valence-electron chi connectivity index (χ4n) is 2.62. The van der Waals surface area contributed by atoms with Crippen LogP contribution in [-0.4, -0.2) is 26.3 Å². The average molecular weight is 230 g/mol. The van der Waals surface area contributed by atoms with E-state index in [9.17, 15) is 0 Å². The highest BCUT2D eigenvalue weighted by Crippen LogP contribution is 2.29. The first-order valence-electron chi connectivity index (χ1n) is 6.17. The molecular formula is C11H26N2OSi. The summed E-state index contributed by atoms with van der Waals surface area (Å²) in [5.74, 6) is 0. The molecule has 1 heterocycles. The van der Waals surface area contributed by atoms with Gasteiger partial charge in [0, 0.05) is 11.8 Å². The van der Waals surface area contributed by atoms with Crippen LogP contribution in [0.25, 0.3) is 0 Å². The summed E-state index contributed by atoms with van der Waals surface area (Å²) in [6.07, 6.45) is 4.18. The van der Waals surface area contributed by atoms with Crippen LogP contribution in [0.4, 0.5) is 0 Å². The van der Waals surface area contributed by atoms with E-state index in [-0.39, 0.29) is 6.17 Å². The Labute approximate surface area is 94.9 Å². The van der Waals surface area contributed by atoms with Gasteiger partial charge >= 0.3 is 0 Å². The topological polar surface area (TPSA) is 47.3 Å². The van der Waals surface area contributed by atoms with Crippen molar-refractivity contribution >= 4 is 8.32 Å². The van der Waals surface area contributed by atoms with Crippen LogP contribution in [0.5, 0.6) is 0 Å². The molecule has 15 heavy (non-hydrogen) atoms. The smallest absolute Gasteiger partial charge is 0.206 e. The van der Waals surface area contributed by atoms with Gasteiger partial charge < -0.3 is 10.2 Å². The minimum atomic E-state index is -1.58. The van der Waals surface area contributed by atoms with E-state index in [4.69, 9.17) is 10.2 Å². The Balaban J connectivity index is 2.63. The predicted octanol–water partition coefficient (Wildman–Crippen LogP) is 1.97. The van der Waals surface area contributed by atoms with E-state index < -0.39 is 8.32 Å². The Hall–Kier alpha value is 0.0969. The standard InChI is InChI=1S/C11H26N2OSi/c1-5-11(13-10(3)12)15(4)8-6-7-9(2)14-15/h9-11,13H,5-8,12H2,1-4H3. The van der Waals surface area contributed by atoms with Crippen molar-refractivity contribution in [2.24, 2.45) is 5.73 Å². The maximum absolute atomic E-state index is 6.25. The largest absolute Gasteiger partial charge is 0.413 e. The third-order valence-corrected chi connectivity index (χ3v) is 7.70. The average Bonchev–Trinajstić information content (AvgIpc) is 2.13. The Morgan fingerprint density at radius 3 is 2.73 bits per heavy atom. The second-order valence-electron chi connectivity index (χ2n) is 5.05. The second-order valence-corrected chi connectivity index (χ2v) is 9.11. The number of nitrogens with two attached hydrogens (primary N) is 1. The zero-order valence-corrected chi connectivity index (χ0v) is 11.5. The zero-order valence-electron chi connectivity index (χ0n) is 10.5. The highest BCUT2D eigenvalue weighted by molar-refractivity contribution is 6.74. The number of hydrogen-bond donors (Lipinski definition) is 2. The van der Waals surface area contributed by atoms with E-state index in [0.29, 0.717) is 11.8 Å². The number of nitrogens with one attached hydrogen (secondary N) is 1. The summed E-state index contributed by atoms with van der Waals surface area (Å²) in [6, 6.07) is 1.27. The summed E-state index contributed by atoms with van der Waals surface area (Å²) < 4.78 is 6.25. The maximum atomic E-state index is 6.25. The van der Waals surface area contributed by atoms with Gasteiger partial charge in [0.15, 0.2) is 0 Å². The SMILES string of the molecule is CCC(NC(C)N)[Si]1(C)CCCC(C)O1. The van der Waals surface area contributed by atoms with Crippen molar-refractivity contribution in [1.82, 2.24) is 5.32 Å². The van der Waals surface area contributed by atoms with Crippen LogP contribution in [-0.2, 0) is 4.43 Å². The van der Waals surface area contributed by atoms with Crippen molar-refractivity contribution < 1.29 is 4.43 Å². The number of hydrogen-bond acceptors (Lipinski definition) is 3. The third kappa shape index (κ3) is 3.55. The van der Waals surface area contributed by atoms with Crippen LogP contribution < -0.4 is 11.1 Å². The zero-order chi connectivity index (χ0) is 11.5. The highest BCUT2D eigenvalue weighted by Gasteiger charge is 2.41. The summed E-state index contributed by atoms with van der Waals surface area (Å²) in [5.41, 5.74) is 6.32. The highest BCUT2D eigenvalue weighted by atomic mass is 28.4. The predicted molar refractivity (Wildman–Crippen MR) is 67.1 cm³/mol. The lowest BCUT2D eigenvalue weighted by molar-refractivity contribution is 0.166. The molecule has 1 aliphatic heterocycles. The minimum absolute atomic E-state index is 0.0695. The molecule has 1 saturated heterocycles. The van der Waals surface area contributed by atoms with E-state index in [1.54, 1.807) is 0 Å². The van der Waals surface area contributed by atoms with Gasteiger partial charge in [0.2, 0.25) is 8.32 Å². The first-order valence-corrected chi connectivity index (χ1v) is 8.86. The number of rotatable bonds is 4. The molecule has 0 aromatic heterocycles. The molecule has 0 saturated carbocycles. The van der Waals surface area contributed by atoms with Crippen LogP contribution in [0.2, 0.25) is 12.6 Å². The molecular weight excluding hydrogens is 204 g/mol. The fourth-order valence-corrected chi connectivity index (χ4v) is 6.67. The molecule has 0 spiro atoms. The van der Waals surface area contributed by atoms with E-state index in [1.807, 2.05) is 6.92 Å². The normalized spacial score (nSPS) is 36.2. The van der Waals surface area contributed by atoms with E-state index >= 15 is 0 Å². The summed E-state index contributed by atoms with van der Waals surface area (Å²) in [7, 11) is -1.58. The molecule has 4 heteroatoms. The van der Waals surface area contributed by atoms with E-state index in [1.165, 1.54) is 18.9 Å². The molecule has 3 N–H and O–H groups in total. The summed E-state index contributed by atoms with van der Waals surface area (Å²) in [4.78, 5) is 0. The van der Waals surface area contributed by atoms with E-state index in [2.05, 4.69) is 25.7 Å². The molecule has 4 atom stereocenters. The van der Waals surface area contributed by atoms with Crippen LogP contribution in [0, 0.1) is 0 Å². The summed E-state index contributed by atoms with van der Waals surface area (Å²) >= 11 is 0. The van der Waals surface area contributed by atoms with E-state index in [0.717, 1.165) is 6.42 Å². The maximum Gasteiger partial charge on any atom is 0.206 e. The Morgan fingerprint density at radius 2 is 2.27 bits per heavy atom. The lowest BCUT2D eigenvalue weighted by atomic mass is 10.2. The lowest BCUT2D eigenvalue weighted by Crippen LogP contribution is -2.60. The lowest BCUT2D eigenvalue weighted by Gasteiger charge is -2.42. The Bertz CT molecular complexity index is 201. The molecule has 0 bridgehead atoms. The van der Waals surface area contributed by atoms with Crippen LogP contribution in [0.15, 0.2) is 0 Å². The molecule has 4 unspecified atom stereocenters. The molecule has 0 aliphatic carbocycles. The van der Waals surface area contributed by atoms with Gasteiger partial charge in [0.1, 0.15) is 0 Å². The third-order valence-electron chi connectivity index (χ3n) is 3.36. The van der Waals surface area contributed by atoms with Gasteiger partial charge in [-0.15, -0.1) is 0 Å². The monoisotopic (exact) mass is 230 g/mol. The van der Waals surface area contributed by atoms with Gasteiger partial charge in [-0.1, -0.05) is 13.3 Å². The van der Waals surface area contributed by atoms with Gasteiger partial charge in [0.25, 0.3) is 0 Å². The molecule has 0 radical (unpaired) electrons. The Morgan fingerprint density at radius 1 is 1.60 bits per heavy atom. The molecule has 1 rings (SSSR count). The molecule has 0 aromatic rings. The van der Waals surface area contributed by atoms with Crippen molar-refractivity contribution in [3.05, 3.63) is 0 Å². The van der Waals surface area contributed by atoms with Crippen LogP contribution in [0.1, 0.15) is 40.0 Å². The van der Waals surface area contributed by atoms with Crippen LogP contribution in [0.3, 0.4) is 0 Å². The van der Waals surface area contributed by atoms with Gasteiger partial charge in [0.05, 0.1) is 6.17 Å². The van der Waals surface area contributed by atoms with Crippen molar-refractivity contribution in [1.29, 1.82) is 0 Å². The van der Waals surface area contributed by atoms with Gasteiger partial charge in [-0.3, -0.25) is 5.32 Å². The molecule has 0 amide bonds. The molecule has 0 aromatic carbocycles. The van der Waals surface area contributed by atoms with Crippen molar-refractivity contribution in [2.45, 2.75) is 70.6 Å². The van der Waals surface area contributed by atoms with Crippen molar-refractivity contribution in [2.75, 3.05) is 0 Å². The second kappa shape index (κ2) is 5.43. The molecule has 1 fully saturated rings. The van der Waals surface area contributed by atoms with Gasteiger partial charge in [-0.25, -0.2) is 0 Å². The van der Waals surface area contributed by atoms with Crippen molar-refractivity contribution in [3.63, 3.8) is 0 Å². The van der Waals surface area contributed by atoms with Gasteiger partial charge in [-0.2, -0.15) is 0 Å². The quantitative estimate of drug-likeness (QED) is 0.573. The molecule has 1 aliphatic rings. The van der Waals surface area contributed by atoms with Crippen LogP contribution >= 0.6 is 0 Å². The fraction of sp³-hybridized carbons (Fsp3) is 1.00. The first-order chi connectivity index (χ1) is 6.98. The molecule has 3 nitrogen and oxygen atoms in total. The first kappa shape index (κ1) is 13.2. The Kier molecular flexibility index (Phi) is 4.77.